The molecule has 25 heavy (non-hydrogen) atoms. The third-order valence-corrected chi connectivity index (χ3v) is 8.16. The van der Waals surface area contributed by atoms with Crippen LogP contribution in [0.2, 0.25) is 0 Å². The largest absolute Gasteiger partial charge is 0.493 e. The van der Waals surface area contributed by atoms with Gasteiger partial charge in [-0.2, -0.15) is 0 Å². The van der Waals surface area contributed by atoms with Crippen LogP contribution in [0.15, 0.2) is 24.4 Å². The van der Waals surface area contributed by atoms with Crippen molar-refractivity contribution < 1.29 is 17.9 Å². The summed E-state index contributed by atoms with van der Waals surface area (Å²) in [4.78, 5) is 6.63. The molecule has 1 aromatic heterocycles. The Hall–Kier alpha value is -2.02. The summed E-state index contributed by atoms with van der Waals surface area (Å²) in [7, 11) is 0.224. The normalized spacial score (nSPS) is 25.0. The van der Waals surface area contributed by atoms with Gasteiger partial charge in [0.1, 0.15) is 0 Å². The van der Waals surface area contributed by atoms with Crippen LogP contribution in [0.3, 0.4) is 0 Å². The van der Waals surface area contributed by atoms with Gasteiger partial charge < -0.3 is 14.4 Å². The van der Waals surface area contributed by atoms with E-state index in [1.54, 1.807) is 20.4 Å². The SMILES string of the molecule is COc1cc2nccc(N3CCC4CCC(C3)S4(=O)=O)c2cc1OC. The van der Waals surface area contributed by atoms with Crippen LogP contribution in [0.25, 0.3) is 10.9 Å². The average molecular weight is 362 g/mol. The summed E-state index contributed by atoms with van der Waals surface area (Å²) in [5.74, 6) is 1.28. The van der Waals surface area contributed by atoms with E-state index in [2.05, 4.69) is 9.88 Å². The Morgan fingerprint density at radius 3 is 2.56 bits per heavy atom. The molecule has 2 fully saturated rings. The molecular weight excluding hydrogens is 340 g/mol. The second-order valence-electron chi connectivity index (χ2n) is 6.70. The van der Waals surface area contributed by atoms with Crippen molar-refractivity contribution in [1.82, 2.24) is 4.98 Å². The molecule has 7 heteroatoms. The molecule has 1 aromatic carbocycles. The van der Waals surface area contributed by atoms with E-state index in [0.29, 0.717) is 24.5 Å². The van der Waals surface area contributed by atoms with E-state index in [1.807, 2.05) is 18.2 Å². The van der Waals surface area contributed by atoms with Crippen molar-refractivity contribution in [2.24, 2.45) is 0 Å². The summed E-state index contributed by atoms with van der Waals surface area (Å²) in [6, 6.07) is 5.74. The lowest BCUT2D eigenvalue weighted by molar-refractivity contribution is 0.356. The summed E-state index contributed by atoms with van der Waals surface area (Å²) < 4.78 is 35.9. The molecule has 4 rings (SSSR count). The highest BCUT2D eigenvalue weighted by Crippen LogP contribution is 2.39. The predicted molar refractivity (Wildman–Crippen MR) is 97.4 cm³/mol. The van der Waals surface area contributed by atoms with Crippen LogP contribution in [0.4, 0.5) is 5.69 Å². The zero-order chi connectivity index (χ0) is 17.6. The molecule has 0 aliphatic carbocycles. The van der Waals surface area contributed by atoms with Crippen LogP contribution >= 0.6 is 0 Å². The van der Waals surface area contributed by atoms with E-state index in [-0.39, 0.29) is 10.5 Å². The molecule has 2 aromatic rings. The van der Waals surface area contributed by atoms with Crippen molar-refractivity contribution in [2.75, 3.05) is 32.2 Å². The van der Waals surface area contributed by atoms with Gasteiger partial charge in [0.05, 0.1) is 30.2 Å². The van der Waals surface area contributed by atoms with Gasteiger partial charge in [0.25, 0.3) is 0 Å². The molecule has 2 unspecified atom stereocenters. The van der Waals surface area contributed by atoms with Gasteiger partial charge in [-0.25, -0.2) is 8.42 Å². The standard InChI is InChI=1S/C18H22N2O4S/c1-23-17-9-14-15(10-18(17)24-2)19-7-5-16(14)20-8-6-12-3-4-13(11-20)25(12,21)22/h5,7,9-10,12-13H,3-4,6,8,11H2,1-2H3. The summed E-state index contributed by atoms with van der Waals surface area (Å²) in [6.45, 7) is 1.29. The molecule has 134 valence electrons. The van der Waals surface area contributed by atoms with Crippen LogP contribution in [0.1, 0.15) is 19.3 Å². The van der Waals surface area contributed by atoms with Gasteiger partial charge in [-0.1, -0.05) is 0 Å². The van der Waals surface area contributed by atoms with Crippen molar-refractivity contribution in [3.63, 3.8) is 0 Å². The third-order valence-electron chi connectivity index (χ3n) is 5.45. The molecule has 6 nitrogen and oxygen atoms in total. The van der Waals surface area contributed by atoms with Gasteiger partial charge in [-0.15, -0.1) is 0 Å². The van der Waals surface area contributed by atoms with Gasteiger partial charge in [0, 0.05) is 36.4 Å². The van der Waals surface area contributed by atoms with Gasteiger partial charge in [0.2, 0.25) is 0 Å². The molecule has 0 radical (unpaired) electrons. The Balaban J connectivity index is 1.79. The van der Waals surface area contributed by atoms with E-state index in [4.69, 9.17) is 9.47 Å². The zero-order valence-electron chi connectivity index (χ0n) is 14.4. The van der Waals surface area contributed by atoms with Crippen LogP contribution < -0.4 is 14.4 Å². The van der Waals surface area contributed by atoms with Crippen molar-refractivity contribution in [3.05, 3.63) is 24.4 Å². The summed E-state index contributed by atoms with van der Waals surface area (Å²) >= 11 is 0. The smallest absolute Gasteiger partial charge is 0.162 e. The fraction of sp³-hybridized carbons (Fsp3) is 0.500. The lowest BCUT2D eigenvalue weighted by Crippen LogP contribution is -2.33. The first-order valence-electron chi connectivity index (χ1n) is 8.53. The number of nitrogens with zero attached hydrogens (tertiary/aromatic N) is 2. The lowest BCUT2D eigenvalue weighted by atomic mass is 10.1. The molecule has 2 saturated heterocycles. The fourth-order valence-electron chi connectivity index (χ4n) is 4.07. The van der Waals surface area contributed by atoms with Crippen molar-refractivity contribution in [2.45, 2.75) is 29.8 Å². The quantitative estimate of drug-likeness (QED) is 0.835. The number of anilines is 1. The van der Waals surface area contributed by atoms with Gasteiger partial charge >= 0.3 is 0 Å². The Kier molecular flexibility index (Phi) is 3.98. The van der Waals surface area contributed by atoms with Crippen LogP contribution in [0, 0.1) is 0 Å². The topological polar surface area (TPSA) is 68.7 Å². The molecule has 3 heterocycles. The van der Waals surface area contributed by atoms with E-state index >= 15 is 0 Å². The predicted octanol–water partition coefficient (Wildman–Crippen LogP) is 2.41. The minimum absolute atomic E-state index is 0.176. The summed E-state index contributed by atoms with van der Waals surface area (Å²) in [5.41, 5.74) is 1.82. The highest BCUT2D eigenvalue weighted by atomic mass is 32.2. The van der Waals surface area contributed by atoms with Crippen LogP contribution in [-0.2, 0) is 9.84 Å². The van der Waals surface area contributed by atoms with Gasteiger partial charge in [-0.05, 0) is 31.4 Å². The number of fused-ring (bicyclic) bond motifs is 3. The van der Waals surface area contributed by atoms with Crippen LogP contribution in [0.5, 0.6) is 11.5 Å². The molecule has 0 spiro atoms. The molecular formula is C18H22N2O4S. The van der Waals surface area contributed by atoms with E-state index in [0.717, 1.165) is 36.0 Å². The number of methoxy groups -OCH3 is 2. The number of rotatable bonds is 3. The molecule has 2 atom stereocenters. The highest BCUT2D eigenvalue weighted by Gasteiger charge is 2.43. The lowest BCUT2D eigenvalue weighted by Gasteiger charge is -2.27. The van der Waals surface area contributed by atoms with Crippen molar-refractivity contribution in [3.8, 4) is 11.5 Å². The van der Waals surface area contributed by atoms with Crippen molar-refractivity contribution >= 4 is 26.4 Å². The third kappa shape index (κ3) is 2.61. The Bertz CT molecular complexity index is 913. The molecule has 2 bridgehead atoms. The summed E-state index contributed by atoms with van der Waals surface area (Å²) in [6.07, 6.45) is 4.03. The number of hydrogen-bond donors (Lipinski definition) is 0. The molecule has 0 N–H and O–H groups in total. The van der Waals surface area contributed by atoms with Crippen LogP contribution in [-0.4, -0.2) is 51.2 Å². The fourth-order valence-corrected chi connectivity index (χ4v) is 6.36. The van der Waals surface area contributed by atoms with Crippen molar-refractivity contribution in [1.29, 1.82) is 0 Å². The Morgan fingerprint density at radius 1 is 1.08 bits per heavy atom. The molecule has 2 aliphatic heterocycles. The number of pyridine rings is 1. The Labute approximate surface area is 147 Å². The first kappa shape index (κ1) is 16.4. The van der Waals surface area contributed by atoms with E-state index in [1.165, 1.54) is 0 Å². The number of aromatic nitrogens is 1. The minimum atomic E-state index is -2.99. The first-order chi connectivity index (χ1) is 12.0. The number of benzene rings is 1. The maximum absolute atomic E-state index is 12.5. The average Bonchev–Trinajstić information content (AvgIpc) is 2.80. The minimum Gasteiger partial charge on any atom is -0.493 e. The van der Waals surface area contributed by atoms with Gasteiger partial charge in [0.15, 0.2) is 21.3 Å². The molecule has 0 saturated carbocycles. The highest BCUT2D eigenvalue weighted by molar-refractivity contribution is 7.93. The Morgan fingerprint density at radius 2 is 1.80 bits per heavy atom. The maximum atomic E-state index is 12.5. The van der Waals surface area contributed by atoms with E-state index < -0.39 is 9.84 Å². The van der Waals surface area contributed by atoms with Gasteiger partial charge in [-0.3, -0.25) is 4.98 Å². The number of hydrogen-bond acceptors (Lipinski definition) is 6. The molecule has 0 amide bonds. The second-order valence-corrected chi connectivity index (χ2v) is 9.21. The molecule has 2 aliphatic rings. The van der Waals surface area contributed by atoms with E-state index in [9.17, 15) is 8.42 Å². The number of ether oxygens (including phenoxy) is 2. The first-order valence-corrected chi connectivity index (χ1v) is 10.1. The second kappa shape index (κ2) is 6.05. The maximum Gasteiger partial charge on any atom is 0.162 e. The summed E-state index contributed by atoms with van der Waals surface area (Å²) in [5, 5.41) is 0.518. The zero-order valence-corrected chi connectivity index (χ0v) is 15.3. The number of sulfone groups is 1. The monoisotopic (exact) mass is 362 g/mol.